The van der Waals surface area contributed by atoms with Crippen LogP contribution >= 0.6 is 0 Å². The van der Waals surface area contributed by atoms with Crippen LogP contribution in [-0.4, -0.2) is 27.6 Å². The molecule has 2 aromatic heterocycles. The Kier molecular flexibility index (Phi) is 3.26. The van der Waals surface area contributed by atoms with Crippen LogP contribution in [0, 0.1) is 11.7 Å². The molecule has 124 valence electrons. The van der Waals surface area contributed by atoms with Gasteiger partial charge in [0.25, 0.3) is 5.92 Å². The Morgan fingerprint density at radius 2 is 1.96 bits per heavy atom. The van der Waals surface area contributed by atoms with Crippen molar-refractivity contribution in [2.45, 2.75) is 18.8 Å². The summed E-state index contributed by atoms with van der Waals surface area (Å²) in [5.74, 6) is -2.99. The minimum atomic E-state index is -2.58. The standard InChI is InChI=1S/C17H14F3N3O/c1-24-14-3-2-10(6-13(14)18)11-4-5-23-15(7-11)21-22-16(23)8-12-9-17(12,19)20/h2-7,12H,8-9H2,1H3. The summed E-state index contributed by atoms with van der Waals surface area (Å²) in [6.45, 7) is 0. The van der Waals surface area contributed by atoms with E-state index in [9.17, 15) is 13.2 Å². The Morgan fingerprint density at radius 1 is 1.21 bits per heavy atom. The first-order valence-corrected chi connectivity index (χ1v) is 7.53. The van der Waals surface area contributed by atoms with Crippen molar-refractivity contribution in [1.82, 2.24) is 14.6 Å². The summed E-state index contributed by atoms with van der Waals surface area (Å²) in [5.41, 5.74) is 1.98. The molecule has 2 heterocycles. The van der Waals surface area contributed by atoms with Gasteiger partial charge in [-0.05, 0) is 35.4 Å². The van der Waals surface area contributed by atoms with E-state index in [1.165, 1.54) is 13.2 Å². The molecule has 0 amide bonds. The van der Waals surface area contributed by atoms with Gasteiger partial charge >= 0.3 is 0 Å². The summed E-state index contributed by atoms with van der Waals surface area (Å²) in [6.07, 6.45) is 1.83. The zero-order chi connectivity index (χ0) is 16.9. The molecule has 1 saturated carbocycles. The second-order valence-corrected chi connectivity index (χ2v) is 5.98. The number of ether oxygens (including phenoxy) is 1. The molecule has 1 aliphatic rings. The number of fused-ring (bicyclic) bond motifs is 1. The monoisotopic (exact) mass is 333 g/mol. The number of nitrogens with zero attached hydrogens (tertiary/aromatic N) is 3. The molecule has 0 spiro atoms. The smallest absolute Gasteiger partial charge is 0.252 e. The van der Waals surface area contributed by atoms with Crippen molar-refractivity contribution < 1.29 is 17.9 Å². The van der Waals surface area contributed by atoms with Gasteiger partial charge in [0.2, 0.25) is 0 Å². The molecule has 0 bridgehead atoms. The van der Waals surface area contributed by atoms with Crippen LogP contribution in [0.4, 0.5) is 13.2 Å². The Bertz CT molecular complexity index is 923. The molecule has 7 heteroatoms. The van der Waals surface area contributed by atoms with E-state index in [0.717, 1.165) is 5.56 Å². The summed E-state index contributed by atoms with van der Waals surface area (Å²) >= 11 is 0. The van der Waals surface area contributed by atoms with Crippen LogP contribution in [0.15, 0.2) is 36.5 Å². The van der Waals surface area contributed by atoms with Gasteiger partial charge < -0.3 is 4.74 Å². The van der Waals surface area contributed by atoms with E-state index in [0.29, 0.717) is 17.0 Å². The SMILES string of the molecule is COc1ccc(-c2ccn3c(CC4CC4(F)F)nnc3c2)cc1F. The quantitative estimate of drug-likeness (QED) is 0.730. The molecule has 1 aromatic carbocycles. The lowest BCUT2D eigenvalue weighted by atomic mass is 10.1. The normalized spacial score (nSPS) is 18.8. The van der Waals surface area contributed by atoms with Gasteiger partial charge in [0.05, 0.1) is 7.11 Å². The van der Waals surface area contributed by atoms with Crippen molar-refractivity contribution >= 4 is 5.65 Å². The number of methoxy groups -OCH3 is 1. The Hall–Kier alpha value is -2.57. The number of alkyl halides is 2. The number of hydrogen-bond donors (Lipinski definition) is 0. The zero-order valence-electron chi connectivity index (χ0n) is 12.8. The largest absolute Gasteiger partial charge is 0.494 e. The topological polar surface area (TPSA) is 39.4 Å². The van der Waals surface area contributed by atoms with Gasteiger partial charge in [0, 0.05) is 25.0 Å². The van der Waals surface area contributed by atoms with Gasteiger partial charge in [-0.3, -0.25) is 4.40 Å². The van der Waals surface area contributed by atoms with Crippen molar-refractivity contribution in [3.8, 4) is 16.9 Å². The molecule has 1 fully saturated rings. The summed E-state index contributed by atoms with van der Waals surface area (Å²) in [7, 11) is 1.41. The molecule has 0 aliphatic heterocycles. The van der Waals surface area contributed by atoms with Crippen LogP contribution < -0.4 is 4.74 Å². The minimum absolute atomic E-state index is 0.0921. The van der Waals surface area contributed by atoms with E-state index in [1.807, 2.05) is 0 Å². The number of aromatic nitrogens is 3. The molecule has 1 aliphatic carbocycles. The fourth-order valence-corrected chi connectivity index (χ4v) is 2.82. The van der Waals surface area contributed by atoms with E-state index < -0.39 is 17.7 Å². The maximum atomic E-state index is 13.8. The van der Waals surface area contributed by atoms with Crippen LogP contribution in [0.25, 0.3) is 16.8 Å². The minimum Gasteiger partial charge on any atom is -0.494 e. The number of rotatable bonds is 4. The van der Waals surface area contributed by atoms with Crippen molar-refractivity contribution in [3.05, 3.63) is 48.2 Å². The first kappa shape index (κ1) is 15.0. The molecule has 0 radical (unpaired) electrons. The Labute approximate surface area is 135 Å². The van der Waals surface area contributed by atoms with Gasteiger partial charge in [-0.15, -0.1) is 10.2 Å². The molecule has 4 rings (SSSR count). The molecule has 24 heavy (non-hydrogen) atoms. The highest BCUT2D eigenvalue weighted by atomic mass is 19.3. The summed E-state index contributed by atoms with van der Waals surface area (Å²) < 4.78 is 46.6. The summed E-state index contributed by atoms with van der Waals surface area (Å²) in [4.78, 5) is 0. The lowest BCUT2D eigenvalue weighted by molar-refractivity contribution is 0.0984. The van der Waals surface area contributed by atoms with Gasteiger partial charge in [-0.1, -0.05) is 6.07 Å². The number of halogens is 3. The van der Waals surface area contributed by atoms with Crippen molar-refractivity contribution in [3.63, 3.8) is 0 Å². The van der Waals surface area contributed by atoms with Crippen LogP contribution in [-0.2, 0) is 6.42 Å². The first-order valence-electron chi connectivity index (χ1n) is 7.53. The van der Waals surface area contributed by atoms with E-state index in [2.05, 4.69) is 10.2 Å². The average molecular weight is 333 g/mol. The third-order valence-electron chi connectivity index (χ3n) is 4.35. The summed E-state index contributed by atoms with van der Waals surface area (Å²) in [6, 6.07) is 8.22. The average Bonchev–Trinajstić information content (AvgIpc) is 2.98. The van der Waals surface area contributed by atoms with Crippen molar-refractivity contribution in [1.29, 1.82) is 0 Å². The molecule has 1 atom stereocenters. The predicted octanol–water partition coefficient (Wildman–Crippen LogP) is 3.74. The van der Waals surface area contributed by atoms with E-state index in [4.69, 9.17) is 4.74 Å². The predicted molar refractivity (Wildman–Crippen MR) is 81.7 cm³/mol. The number of benzene rings is 1. The van der Waals surface area contributed by atoms with Gasteiger partial charge in [0.15, 0.2) is 17.2 Å². The fourth-order valence-electron chi connectivity index (χ4n) is 2.82. The van der Waals surface area contributed by atoms with Gasteiger partial charge in [0.1, 0.15) is 5.82 Å². The van der Waals surface area contributed by atoms with Crippen molar-refractivity contribution in [2.24, 2.45) is 5.92 Å². The van der Waals surface area contributed by atoms with E-state index >= 15 is 0 Å². The third kappa shape index (κ3) is 2.50. The molecule has 0 saturated heterocycles. The molecule has 4 nitrogen and oxygen atoms in total. The Morgan fingerprint density at radius 3 is 2.62 bits per heavy atom. The van der Waals surface area contributed by atoms with Crippen LogP contribution in [0.2, 0.25) is 0 Å². The highest BCUT2D eigenvalue weighted by Crippen LogP contribution is 2.50. The Balaban J connectivity index is 1.66. The van der Waals surface area contributed by atoms with Crippen LogP contribution in [0.5, 0.6) is 5.75 Å². The number of hydrogen-bond acceptors (Lipinski definition) is 3. The lowest BCUT2D eigenvalue weighted by Crippen LogP contribution is -2.01. The molecule has 1 unspecified atom stereocenters. The van der Waals surface area contributed by atoms with Crippen molar-refractivity contribution in [2.75, 3.05) is 7.11 Å². The lowest BCUT2D eigenvalue weighted by Gasteiger charge is -2.06. The maximum absolute atomic E-state index is 13.8. The van der Waals surface area contributed by atoms with E-state index in [-0.39, 0.29) is 18.6 Å². The zero-order valence-corrected chi connectivity index (χ0v) is 12.8. The molecular formula is C17H14F3N3O. The third-order valence-corrected chi connectivity index (χ3v) is 4.35. The summed E-state index contributed by atoms with van der Waals surface area (Å²) in [5, 5.41) is 8.05. The van der Waals surface area contributed by atoms with Crippen LogP contribution in [0.1, 0.15) is 12.2 Å². The van der Waals surface area contributed by atoms with Crippen LogP contribution in [0.3, 0.4) is 0 Å². The van der Waals surface area contributed by atoms with Gasteiger partial charge in [-0.25, -0.2) is 13.2 Å². The maximum Gasteiger partial charge on any atom is 0.252 e. The second kappa shape index (κ2) is 5.22. The molecule has 0 N–H and O–H groups in total. The first-order chi connectivity index (χ1) is 11.5. The molecule has 3 aromatic rings. The number of pyridine rings is 1. The second-order valence-electron chi connectivity index (χ2n) is 5.98. The highest BCUT2D eigenvalue weighted by Gasteiger charge is 2.56. The van der Waals surface area contributed by atoms with E-state index in [1.54, 1.807) is 34.9 Å². The van der Waals surface area contributed by atoms with Gasteiger partial charge in [-0.2, -0.15) is 0 Å². The fraction of sp³-hybridized carbons (Fsp3) is 0.294. The highest BCUT2D eigenvalue weighted by molar-refractivity contribution is 5.68. The molecular weight excluding hydrogens is 319 g/mol.